The Morgan fingerprint density at radius 1 is 0.566 bits per heavy atom. The van der Waals surface area contributed by atoms with Gasteiger partial charge in [0, 0.05) is 39.3 Å². The van der Waals surface area contributed by atoms with Crippen molar-refractivity contribution in [1.82, 2.24) is 19.9 Å². The fourth-order valence-electron chi connectivity index (χ4n) is 7.81. The van der Waals surface area contributed by atoms with Gasteiger partial charge in [-0.2, -0.15) is 0 Å². The van der Waals surface area contributed by atoms with Crippen molar-refractivity contribution in [2.24, 2.45) is 0 Å². The zero-order valence-corrected chi connectivity index (χ0v) is 30.1. The lowest BCUT2D eigenvalue weighted by Gasteiger charge is -2.39. The maximum atomic E-state index is 4.99. The van der Waals surface area contributed by atoms with Crippen LogP contribution >= 0.6 is 0 Å². The van der Waals surface area contributed by atoms with Crippen LogP contribution in [0.4, 0.5) is 0 Å². The molecule has 7 aromatic rings. The van der Waals surface area contributed by atoms with Crippen LogP contribution in [0.15, 0.2) is 176 Å². The molecular weight excluding hydrogens is 645 g/mol. The predicted octanol–water partition coefficient (Wildman–Crippen LogP) is 12.5. The lowest BCUT2D eigenvalue weighted by atomic mass is 9.64. The van der Waals surface area contributed by atoms with Gasteiger partial charge in [-0.15, -0.1) is 0 Å². The van der Waals surface area contributed by atoms with Gasteiger partial charge in [0.25, 0.3) is 0 Å². The number of allylic oxidation sites excluding steroid dienone is 5. The van der Waals surface area contributed by atoms with Crippen LogP contribution in [-0.4, -0.2) is 19.9 Å². The van der Waals surface area contributed by atoms with Crippen molar-refractivity contribution in [3.8, 4) is 45.0 Å². The van der Waals surface area contributed by atoms with Gasteiger partial charge in [-0.3, -0.25) is 4.98 Å². The maximum absolute atomic E-state index is 4.99. The highest BCUT2D eigenvalue weighted by Crippen LogP contribution is 2.46. The molecule has 0 unspecified atom stereocenters. The summed E-state index contributed by atoms with van der Waals surface area (Å²) in [6.45, 7) is 6.65. The molecule has 4 nitrogen and oxygen atoms in total. The topological polar surface area (TPSA) is 51.6 Å². The molecule has 0 spiro atoms. The first-order valence-electron chi connectivity index (χ1n) is 18.6. The molecule has 2 aromatic heterocycles. The smallest absolute Gasteiger partial charge is 0.164 e. The molecule has 0 N–H and O–H groups in total. The number of hydrogen-bond acceptors (Lipinski definition) is 4. The average Bonchev–Trinajstić information content (AvgIpc) is 3.24. The first-order valence-corrected chi connectivity index (χ1v) is 18.6. The van der Waals surface area contributed by atoms with Crippen LogP contribution in [0.5, 0.6) is 0 Å². The number of pyridine rings is 1. The van der Waals surface area contributed by atoms with Crippen LogP contribution in [0.3, 0.4) is 0 Å². The molecule has 8 rings (SSSR count). The van der Waals surface area contributed by atoms with Crippen LogP contribution in [0.2, 0.25) is 0 Å². The molecule has 2 heterocycles. The van der Waals surface area contributed by atoms with Gasteiger partial charge in [0.2, 0.25) is 0 Å². The summed E-state index contributed by atoms with van der Waals surface area (Å²) < 4.78 is 0. The van der Waals surface area contributed by atoms with E-state index in [0.29, 0.717) is 17.5 Å². The summed E-state index contributed by atoms with van der Waals surface area (Å²) in [6.07, 6.45) is 14.3. The van der Waals surface area contributed by atoms with Crippen LogP contribution in [0, 0.1) is 0 Å². The second kappa shape index (κ2) is 15.1. The number of benzene rings is 5. The standard InChI is InChI=1S/C49H42N4/c1-3-42(49(32-11-6-12-33-49)43-30-27-38(28-31-43)44-21-13-19-39-20-14-34-50-45(39)44)29-22-35(2)46-51-47(40-17-9-5-10-18-40)53-48(52-46)41-25-23-37(24-26-41)36-15-7-4-8-16-36/h3-5,7-10,13-31,34H,2,6,11-12,32-33H2,1H3/b29-22-,42-3+. The number of aromatic nitrogens is 4. The minimum atomic E-state index is -0.0841. The van der Waals surface area contributed by atoms with Crippen molar-refractivity contribution >= 4 is 16.5 Å². The Labute approximate surface area is 312 Å². The van der Waals surface area contributed by atoms with Crippen molar-refractivity contribution in [2.75, 3.05) is 0 Å². The highest BCUT2D eigenvalue weighted by molar-refractivity contribution is 5.93. The van der Waals surface area contributed by atoms with E-state index in [2.05, 4.69) is 129 Å². The SMILES string of the molecule is C=C(/C=C\C(=C/C)C1(c2ccc(-c3cccc4cccnc34)cc2)CCCCC1)c1nc(-c2ccccc2)nc(-c2ccc(-c3ccccc3)cc2)n1. The third kappa shape index (κ3) is 7.01. The van der Waals surface area contributed by atoms with Gasteiger partial charge >= 0.3 is 0 Å². The molecule has 1 aliphatic carbocycles. The van der Waals surface area contributed by atoms with Crippen LogP contribution < -0.4 is 0 Å². The number of fused-ring (bicyclic) bond motifs is 1. The molecule has 4 heteroatoms. The highest BCUT2D eigenvalue weighted by atomic mass is 15.0. The number of nitrogens with zero attached hydrogens (tertiary/aromatic N) is 4. The van der Waals surface area contributed by atoms with Crippen molar-refractivity contribution in [1.29, 1.82) is 0 Å². The number of hydrogen-bond donors (Lipinski definition) is 0. The minimum Gasteiger partial charge on any atom is -0.256 e. The van der Waals surface area contributed by atoms with Crippen LogP contribution in [0.1, 0.15) is 50.4 Å². The summed E-state index contributed by atoms with van der Waals surface area (Å²) in [5.41, 5.74) is 10.9. The molecule has 5 aromatic carbocycles. The van der Waals surface area contributed by atoms with E-state index in [0.717, 1.165) is 51.6 Å². The van der Waals surface area contributed by atoms with E-state index >= 15 is 0 Å². The zero-order chi connectivity index (χ0) is 36.0. The summed E-state index contributed by atoms with van der Waals surface area (Å²) in [5.74, 6) is 1.82. The molecule has 1 saturated carbocycles. The lowest BCUT2D eigenvalue weighted by Crippen LogP contribution is -2.30. The molecule has 0 aliphatic heterocycles. The summed E-state index contributed by atoms with van der Waals surface area (Å²) in [7, 11) is 0. The summed E-state index contributed by atoms with van der Waals surface area (Å²) >= 11 is 0. The summed E-state index contributed by atoms with van der Waals surface area (Å²) in [4.78, 5) is 19.6. The highest BCUT2D eigenvalue weighted by Gasteiger charge is 2.36. The third-order valence-electron chi connectivity index (χ3n) is 10.6. The second-order valence-electron chi connectivity index (χ2n) is 13.8. The van der Waals surface area contributed by atoms with Gasteiger partial charge < -0.3 is 0 Å². The minimum absolute atomic E-state index is 0.0841. The Morgan fingerprint density at radius 3 is 1.83 bits per heavy atom. The van der Waals surface area contributed by atoms with E-state index in [9.17, 15) is 0 Å². The molecule has 1 aliphatic rings. The van der Waals surface area contributed by atoms with E-state index in [1.54, 1.807) is 0 Å². The Morgan fingerprint density at radius 2 is 1.15 bits per heavy atom. The number of rotatable bonds is 9. The van der Waals surface area contributed by atoms with Crippen molar-refractivity contribution in [3.05, 3.63) is 187 Å². The van der Waals surface area contributed by atoms with Gasteiger partial charge in [0.15, 0.2) is 17.5 Å². The van der Waals surface area contributed by atoms with E-state index in [4.69, 9.17) is 19.9 Å². The Kier molecular flexibility index (Phi) is 9.68. The van der Waals surface area contributed by atoms with Gasteiger partial charge in [0.1, 0.15) is 0 Å². The molecule has 53 heavy (non-hydrogen) atoms. The molecule has 1 fully saturated rings. The third-order valence-corrected chi connectivity index (χ3v) is 10.6. The Balaban J connectivity index is 1.11. The molecule has 0 saturated heterocycles. The first-order chi connectivity index (χ1) is 26.1. The van der Waals surface area contributed by atoms with Crippen molar-refractivity contribution < 1.29 is 0 Å². The quantitative estimate of drug-likeness (QED) is 0.142. The fourth-order valence-corrected chi connectivity index (χ4v) is 7.81. The van der Waals surface area contributed by atoms with E-state index in [1.165, 1.54) is 41.5 Å². The van der Waals surface area contributed by atoms with E-state index < -0.39 is 0 Å². The molecule has 0 atom stereocenters. The van der Waals surface area contributed by atoms with Gasteiger partial charge in [-0.25, -0.2) is 15.0 Å². The Hall–Kier alpha value is -6.26. The largest absolute Gasteiger partial charge is 0.256 e. The fraction of sp³-hybridized carbons (Fsp3) is 0.143. The predicted molar refractivity (Wildman–Crippen MR) is 220 cm³/mol. The maximum Gasteiger partial charge on any atom is 0.164 e. The van der Waals surface area contributed by atoms with Crippen LogP contribution in [0.25, 0.3) is 61.5 Å². The van der Waals surface area contributed by atoms with E-state index in [1.807, 2.05) is 48.7 Å². The average molecular weight is 687 g/mol. The second-order valence-corrected chi connectivity index (χ2v) is 13.8. The summed E-state index contributed by atoms with van der Waals surface area (Å²) in [6, 6.07) is 48.6. The molecule has 0 bridgehead atoms. The van der Waals surface area contributed by atoms with E-state index in [-0.39, 0.29) is 5.41 Å². The van der Waals surface area contributed by atoms with Gasteiger partial charge in [-0.1, -0.05) is 178 Å². The molecule has 0 amide bonds. The Bertz CT molecular complexity index is 2420. The molecule has 258 valence electrons. The normalized spacial score (nSPS) is 14.4. The van der Waals surface area contributed by atoms with Crippen LogP contribution in [-0.2, 0) is 5.41 Å². The first kappa shape index (κ1) is 33.9. The summed E-state index contributed by atoms with van der Waals surface area (Å²) in [5, 5.41) is 1.15. The van der Waals surface area contributed by atoms with Gasteiger partial charge in [0.05, 0.1) is 5.52 Å². The zero-order valence-electron chi connectivity index (χ0n) is 30.1. The monoisotopic (exact) mass is 686 g/mol. The lowest BCUT2D eigenvalue weighted by molar-refractivity contribution is 0.345. The van der Waals surface area contributed by atoms with Crippen molar-refractivity contribution in [3.63, 3.8) is 0 Å². The van der Waals surface area contributed by atoms with Gasteiger partial charge in [-0.05, 0) is 53.7 Å². The molecular formula is C49H42N4. The van der Waals surface area contributed by atoms with Crippen molar-refractivity contribution in [2.45, 2.75) is 44.4 Å². The number of para-hydroxylation sites is 1. The molecule has 0 radical (unpaired) electrons.